The van der Waals surface area contributed by atoms with Gasteiger partial charge in [0.2, 0.25) is 5.91 Å². The zero-order chi connectivity index (χ0) is 35.6. The van der Waals surface area contributed by atoms with Crippen LogP contribution in [0.4, 0.5) is 0 Å². The van der Waals surface area contributed by atoms with Gasteiger partial charge in [-0.05, 0) is 78.5 Å². The standard InChI is InChI=1S/C42H50N2O8/c1-39(2)21-29-25(12-13-32-40(3,49-32)15-14-30(29)39)18-24-8-4-7-11-28(24)23-44-35-37(46)48-31-22-42(35,38(47)43-16-17-45)36(52-44)34-33(31)50-41(51-34)19-26-9-5-6-10-27(26)20-41/h4-11,18,29-36,45H,12-17,19-23H2,1-3H3,(H,43,47)/t29-,30-,31+,32?,33+,34+,35+,36-,40-,42+/m1/s1. The molecule has 2 aromatic rings. The quantitative estimate of drug-likeness (QED) is 0.326. The fourth-order valence-corrected chi connectivity index (χ4v) is 11.5. The van der Waals surface area contributed by atoms with Crippen LogP contribution in [0.15, 0.2) is 54.1 Å². The maximum absolute atomic E-state index is 14.3. The Morgan fingerprint density at radius 3 is 2.50 bits per heavy atom. The fourth-order valence-electron chi connectivity index (χ4n) is 11.5. The molecule has 8 aliphatic rings. The van der Waals surface area contributed by atoms with Crippen molar-refractivity contribution in [3.05, 3.63) is 76.4 Å². The molecule has 4 aliphatic heterocycles. The van der Waals surface area contributed by atoms with Crippen molar-refractivity contribution in [1.29, 1.82) is 0 Å². The predicted octanol–water partition coefficient (Wildman–Crippen LogP) is 4.65. The lowest BCUT2D eigenvalue weighted by Crippen LogP contribution is -2.69. The number of carbonyl (C=O) groups excluding carboxylic acids is 2. The van der Waals surface area contributed by atoms with Crippen molar-refractivity contribution >= 4 is 18.0 Å². The molecule has 1 spiro atoms. The van der Waals surface area contributed by atoms with E-state index in [1.54, 1.807) is 5.06 Å². The summed E-state index contributed by atoms with van der Waals surface area (Å²) in [5.74, 6) is -0.564. The van der Waals surface area contributed by atoms with Gasteiger partial charge in [-0.1, -0.05) is 74.0 Å². The fraction of sp³-hybridized carbons (Fsp3) is 0.619. The van der Waals surface area contributed by atoms with Crippen molar-refractivity contribution in [1.82, 2.24) is 10.4 Å². The Labute approximate surface area is 305 Å². The molecule has 10 rings (SSSR count). The maximum atomic E-state index is 14.3. The third-order valence-electron chi connectivity index (χ3n) is 14.2. The van der Waals surface area contributed by atoms with E-state index in [1.165, 1.54) is 29.5 Å². The van der Waals surface area contributed by atoms with Gasteiger partial charge < -0.3 is 29.4 Å². The highest BCUT2D eigenvalue weighted by atomic mass is 16.8. The van der Waals surface area contributed by atoms with Crippen molar-refractivity contribution in [3.8, 4) is 0 Å². The van der Waals surface area contributed by atoms with E-state index in [0.29, 0.717) is 36.2 Å². The van der Waals surface area contributed by atoms with Crippen molar-refractivity contribution in [2.75, 3.05) is 13.2 Å². The highest BCUT2D eigenvalue weighted by Crippen LogP contribution is 2.61. The minimum Gasteiger partial charge on any atom is -0.458 e. The van der Waals surface area contributed by atoms with Crippen molar-refractivity contribution in [2.24, 2.45) is 22.7 Å². The van der Waals surface area contributed by atoms with E-state index in [2.05, 4.69) is 62.5 Å². The Morgan fingerprint density at radius 2 is 1.73 bits per heavy atom. The topological polar surface area (TPSA) is 119 Å². The third kappa shape index (κ3) is 4.97. The van der Waals surface area contributed by atoms with Gasteiger partial charge in [-0.3, -0.25) is 14.4 Å². The Bertz CT molecular complexity index is 1820. The number of hydroxylamine groups is 2. The summed E-state index contributed by atoms with van der Waals surface area (Å²) in [6.45, 7) is 7.25. The first kappa shape index (κ1) is 33.4. The molecule has 4 saturated heterocycles. The highest BCUT2D eigenvalue weighted by Gasteiger charge is 2.76. The second kappa shape index (κ2) is 11.7. The molecular weight excluding hydrogens is 660 g/mol. The molecule has 10 nitrogen and oxygen atoms in total. The zero-order valence-electron chi connectivity index (χ0n) is 30.3. The van der Waals surface area contributed by atoms with Gasteiger partial charge in [0.05, 0.1) is 24.9 Å². The van der Waals surface area contributed by atoms with Crippen LogP contribution < -0.4 is 5.32 Å². The number of hydrogen-bond donors (Lipinski definition) is 2. The number of esters is 1. The zero-order valence-corrected chi connectivity index (χ0v) is 30.3. The summed E-state index contributed by atoms with van der Waals surface area (Å²) >= 11 is 0. The lowest BCUT2D eigenvalue weighted by molar-refractivity contribution is -0.217. The van der Waals surface area contributed by atoms with Crippen molar-refractivity contribution in [3.63, 3.8) is 0 Å². The van der Waals surface area contributed by atoms with E-state index in [1.807, 2.05) is 18.2 Å². The number of amides is 1. The summed E-state index contributed by atoms with van der Waals surface area (Å²) in [5, 5.41) is 14.2. The third-order valence-corrected chi connectivity index (χ3v) is 14.2. The van der Waals surface area contributed by atoms with E-state index in [0.717, 1.165) is 30.4 Å². The van der Waals surface area contributed by atoms with Gasteiger partial charge in [0.15, 0.2) is 11.8 Å². The number of epoxide rings is 1. The van der Waals surface area contributed by atoms with Crippen LogP contribution in [0.5, 0.6) is 0 Å². The van der Waals surface area contributed by atoms with Crippen LogP contribution in [0, 0.1) is 22.7 Å². The van der Waals surface area contributed by atoms with E-state index < -0.39 is 47.6 Å². The second-order valence-corrected chi connectivity index (χ2v) is 17.7. The summed E-state index contributed by atoms with van der Waals surface area (Å²) < 4.78 is 26.0. The van der Waals surface area contributed by atoms with Crippen LogP contribution in [0.3, 0.4) is 0 Å². The number of hydrogen-bond acceptors (Lipinski definition) is 9. The molecule has 2 N–H and O–H groups in total. The minimum absolute atomic E-state index is 0.0228. The molecule has 7 fully saturated rings. The summed E-state index contributed by atoms with van der Waals surface area (Å²) in [5.41, 5.74) is 4.99. The summed E-state index contributed by atoms with van der Waals surface area (Å²) in [4.78, 5) is 35.3. The Hall–Kier alpha value is -3.12. The van der Waals surface area contributed by atoms with Crippen LogP contribution in [0.1, 0.15) is 81.5 Å². The highest BCUT2D eigenvalue weighted by molar-refractivity contribution is 5.93. The monoisotopic (exact) mass is 710 g/mol. The molecule has 1 amide bonds. The number of nitrogens with zero attached hydrogens (tertiary/aromatic N) is 1. The van der Waals surface area contributed by atoms with E-state index >= 15 is 0 Å². The molecule has 52 heavy (non-hydrogen) atoms. The predicted molar refractivity (Wildman–Crippen MR) is 189 cm³/mol. The first-order valence-corrected chi connectivity index (χ1v) is 19.4. The first-order chi connectivity index (χ1) is 25.0. The largest absolute Gasteiger partial charge is 0.458 e. The summed E-state index contributed by atoms with van der Waals surface area (Å²) in [6.07, 6.45) is 7.01. The minimum atomic E-state index is -1.27. The lowest BCUT2D eigenvalue weighted by atomic mass is 9.52. The number of fused-ring (bicyclic) bond motifs is 7. The number of allylic oxidation sites excluding steroid dienone is 1. The van der Waals surface area contributed by atoms with Gasteiger partial charge in [0.25, 0.3) is 0 Å². The average molecular weight is 711 g/mol. The Morgan fingerprint density at radius 1 is 0.981 bits per heavy atom. The van der Waals surface area contributed by atoms with Gasteiger partial charge >= 0.3 is 5.97 Å². The molecular formula is C42H50N2O8. The normalized spacial score (nSPS) is 41.1. The first-order valence-electron chi connectivity index (χ1n) is 19.4. The smallest absolute Gasteiger partial charge is 0.327 e. The average Bonchev–Trinajstić information content (AvgIpc) is 3.41. The molecule has 2 bridgehead atoms. The number of aliphatic hydroxyl groups excluding tert-OH is 1. The number of ether oxygens (including phenoxy) is 4. The van der Waals surface area contributed by atoms with Gasteiger partial charge in [-0.2, -0.15) is 5.06 Å². The maximum Gasteiger partial charge on any atom is 0.327 e. The lowest BCUT2D eigenvalue weighted by Gasteiger charge is -2.53. The van der Waals surface area contributed by atoms with Crippen LogP contribution in [0.25, 0.3) is 6.08 Å². The number of rotatable bonds is 6. The SMILES string of the molecule is CC1(C)C[C@@H]2C(=Cc3ccccc3CN3O[C@@H]4[C@H]5OC6(Cc7ccccc7C6)O[C@H]5[C@@H]5C[C@]4(C(=O)NCCO)[C@@H]3C(=O)O5)CCC3O[C@]3(C)CC[C@H]21. The Balaban J connectivity index is 0.981. The van der Waals surface area contributed by atoms with E-state index in [-0.39, 0.29) is 37.6 Å². The van der Waals surface area contributed by atoms with Gasteiger partial charge in [0, 0.05) is 25.8 Å². The molecule has 276 valence electrons. The van der Waals surface area contributed by atoms with Gasteiger partial charge in [-0.25, -0.2) is 0 Å². The molecule has 2 aromatic carbocycles. The molecule has 10 atom stereocenters. The number of nitrogens with one attached hydrogen (secondary N) is 1. The van der Waals surface area contributed by atoms with Crippen LogP contribution >= 0.6 is 0 Å². The van der Waals surface area contributed by atoms with Crippen LogP contribution in [0.2, 0.25) is 0 Å². The number of benzene rings is 2. The van der Waals surface area contributed by atoms with Crippen LogP contribution in [-0.4, -0.2) is 83.1 Å². The van der Waals surface area contributed by atoms with Crippen molar-refractivity contribution in [2.45, 2.75) is 127 Å². The van der Waals surface area contributed by atoms with Crippen molar-refractivity contribution < 1.29 is 38.5 Å². The van der Waals surface area contributed by atoms with E-state index in [4.69, 9.17) is 23.8 Å². The molecule has 0 radical (unpaired) electrons. The van der Waals surface area contributed by atoms with Gasteiger partial charge in [-0.15, -0.1) is 0 Å². The second-order valence-electron chi connectivity index (χ2n) is 17.7. The summed E-state index contributed by atoms with van der Waals surface area (Å²) in [6, 6.07) is 15.6. The summed E-state index contributed by atoms with van der Waals surface area (Å²) in [7, 11) is 0. The van der Waals surface area contributed by atoms with Gasteiger partial charge in [0.1, 0.15) is 29.8 Å². The number of carbonyl (C=O) groups is 2. The number of aliphatic hydroxyl groups is 1. The molecule has 1 unspecified atom stereocenters. The molecule has 0 aromatic heterocycles. The Kier molecular flexibility index (Phi) is 7.52. The van der Waals surface area contributed by atoms with Crippen LogP contribution in [-0.2, 0) is 52.8 Å². The van der Waals surface area contributed by atoms with E-state index in [9.17, 15) is 14.7 Å². The molecule has 4 aliphatic carbocycles. The molecule has 10 heteroatoms. The molecule has 4 heterocycles. The molecule has 3 saturated carbocycles.